The van der Waals surface area contributed by atoms with Gasteiger partial charge in [-0.2, -0.15) is 0 Å². The molecule has 1 aromatic heterocycles. The van der Waals surface area contributed by atoms with Crippen molar-refractivity contribution in [2.75, 3.05) is 32.8 Å². The molecular weight excluding hydrogens is 376 g/mol. The zero-order valence-corrected chi connectivity index (χ0v) is 17.4. The van der Waals surface area contributed by atoms with E-state index in [1.807, 2.05) is 55.5 Å². The standard InChI is InChI=1S/C24H28N4O2/c1-2-30-19-12-10-18(11-13-19)23-26-21-9-4-3-8-20(21)22(27-23)24(29)25-14-7-17-28-15-5-6-16-28/h3-4,8-13H,2,5-7,14-17H2,1H3,(H,25,29). The van der Waals surface area contributed by atoms with Crippen molar-refractivity contribution in [1.82, 2.24) is 20.2 Å². The van der Waals surface area contributed by atoms with Gasteiger partial charge in [0.1, 0.15) is 11.4 Å². The Hall–Kier alpha value is -2.99. The van der Waals surface area contributed by atoms with Crippen LogP contribution in [0.1, 0.15) is 36.7 Å². The minimum atomic E-state index is -0.151. The second-order valence-electron chi connectivity index (χ2n) is 7.53. The van der Waals surface area contributed by atoms with Gasteiger partial charge in [-0.3, -0.25) is 4.79 Å². The van der Waals surface area contributed by atoms with Crippen LogP contribution in [-0.4, -0.2) is 53.6 Å². The zero-order chi connectivity index (χ0) is 20.8. The van der Waals surface area contributed by atoms with Crippen LogP contribution in [-0.2, 0) is 0 Å². The number of hydrogen-bond donors (Lipinski definition) is 1. The molecule has 0 saturated carbocycles. The summed E-state index contributed by atoms with van der Waals surface area (Å²) in [7, 11) is 0. The first-order valence-corrected chi connectivity index (χ1v) is 10.7. The molecule has 6 heteroatoms. The lowest BCUT2D eigenvalue weighted by Gasteiger charge is -2.14. The number of amides is 1. The van der Waals surface area contributed by atoms with Crippen molar-refractivity contribution in [1.29, 1.82) is 0 Å². The summed E-state index contributed by atoms with van der Waals surface area (Å²) in [6, 6.07) is 15.3. The van der Waals surface area contributed by atoms with Crippen LogP contribution in [0.5, 0.6) is 5.75 Å². The number of aromatic nitrogens is 2. The predicted octanol–water partition coefficient (Wildman–Crippen LogP) is 3.91. The molecule has 1 aliphatic rings. The third-order valence-corrected chi connectivity index (χ3v) is 5.38. The van der Waals surface area contributed by atoms with E-state index < -0.39 is 0 Å². The molecule has 0 atom stereocenters. The zero-order valence-electron chi connectivity index (χ0n) is 17.4. The Kier molecular flexibility index (Phi) is 6.54. The van der Waals surface area contributed by atoms with Crippen molar-refractivity contribution in [3.63, 3.8) is 0 Å². The van der Waals surface area contributed by atoms with E-state index in [1.54, 1.807) is 0 Å². The number of hydrogen-bond acceptors (Lipinski definition) is 5. The van der Waals surface area contributed by atoms with Gasteiger partial charge in [-0.15, -0.1) is 0 Å². The number of benzene rings is 2. The molecule has 0 radical (unpaired) electrons. The summed E-state index contributed by atoms with van der Waals surface area (Å²) in [6.07, 6.45) is 3.52. The highest BCUT2D eigenvalue weighted by molar-refractivity contribution is 6.04. The fourth-order valence-electron chi connectivity index (χ4n) is 3.84. The molecule has 156 valence electrons. The van der Waals surface area contributed by atoms with Gasteiger partial charge in [0.25, 0.3) is 5.91 Å². The number of carbonyl (C=O) groups excluding carboxylic acids is 1. The second kappa shape index (κ2) is 9.67. The average molecular weight is 405 g/mol. The van der Waals surface area contributed by atoms with Crippen LogP contribution < -0.4 is 10.1 Å². The molecule has 0 spiro atoms. The highest BCUT2D eigenvalue weighted by atomic mass is 16.5. The molecule has 1 aliphatic heterocycles. The quantitative estimate of drug-likeness (QED) is 0.577. The Morgan fingerprint density at radius 2 is 1.83 bits per heavy atom. The van der Waals surface area contributed by atoms with Gasteiger partial charge in [-0.25, -0.2) is 9.97 Å². The number of fused-ring (bicyclic) bond motifs is 1. The SMILES string of the molecule is CCOc1ccc(-c2nc(C(=O)NCCCN3CCCC3)c3ccccc3n2)cc1. The lowest BCUT2D eigenvalue weighted by atomic mass is 10.1. The first-order chi connectivity index (χ1) is 14.7. The Labute approximate surface area is 177 Å². The minimum absolute atomic E-state index is 0.151. The topological polar surface area (TPSA) is 67.3 Å². The molecule has 2 aromatic carbocycles. The van der Waals surface area contributed by atoms with Gasteiger partial charge < -0.3 is 15.0 Å². The fraction of sp³-hybridized carbons (Fsp3) is 0.375. The van der Waals surface area contributed by atoms with Gasteiger partial charge in [0, 0.05) is 17.5 Å². The smallest absolute Gasteiger partial charge is 0.270 e. The molecule has 30 heavy (non-hydrogen) atoms. The van der Waals surface area contributed by atoms with Crippen molar-refractivity contribution in [3.8, 4) is 17.1 Å². The summed E-state index contributed by atoms with van der Waals surface area (Å²) in [5.74, 6) is 1.19. The third-order valence-electron chi connectivity index (χ3n) is 5.38. The molecule has 6 nitrogen and oxygen atoms in total. The van der Waals surface area contributed by atoms with Crippen molar-refractivity contribution in [2.45, 2.75) is 26.2 Å². The van der Waals surface area contributed by atoms with Gasteiger partial charge in [0.2, 0.25) is 0 Å². The van der Waals surface area contributed by atoms with Crippen molar-refractivity contribution in [3.05, 3.63) is 54.2 Å². The van der Waals surface area contributed by atoms with E-state index >= 15 is 0 Å². The summed E-state index contributed by atoms with van der Waals surface area (Å²) in [6.45, 7) is 6.60. The van der Waals surface area contributed by atoms with Crippen LogP contribution in [0.4, 0.5) is 0 Å². The third kappa shape index (κ3) is 4.76. The number of para-hydroxylation sites is 1. The number of nitrogens with zero attached hydrogens (tertiary/aromatic N) is 3. The number of likely N-dealkylation sites (tertiary alicyclic amines) is 1. The van der Waals surface area contributed by atoms with E-state index in [0.29, 0.717) is 24.7 Å². The molecule has 0 unspecified atom stereocenters. The van der Waals surface area contributed by atoms with Gasteiger partial charge in [0.15, 0.2) is 5.82 Å². The summed E-state index contributed by atoms with van der Waals surface area (Å²) in [5, 5.41) is 3.81. The predicted molar refractivity (Wildman–Crippen MR) is 119 cm³/mol. The first-order valence-electron chi connectivity index (χ1n) is 10.7. The largest absolute Gasteiger partial charge is 0.494 e. The van der Waals surface area contributed by atoms with Crippen LogP contribution in [0.15, 0.2) is 48.5 Å². The van der Waals surface area contributed by atoms with Crippen LogP contribution in [0.25, 0.3) is 22.3 Å². The molecule has 1 N–H and O–H groups in total. The van der Waals surface area contributed by atoms with E-state index in [9.17, 15) is 4.79 Å². The number of nitrogens with one attached hydrogen (secondary N) is 1. The molecule has 1 saturated heterocycles. The summed E-state index contributed by atoms with van der Waals surface area (Å²) in [4.78, 5) is 24.7. The van der Waals surface area contributed by atoms with E-state index in [4.69, 9.17) is 4.74 Å². The van der Waals surface area contributed by atoms with E-state index in [0.717, 1.165) is 35.2 Å². The van der Waals surface area contributed by atoms with Crippen LogP contribution in [0, 0.1) is 0 Å². The summed E-state index contributed by atoms with van der Waals surface area (Å²) in [5.41, 5.74) is 2.04. The van der Waals surface area contributed by atoms with E-state index in [2.05, 4.69) is 20.2 Å². The van der Waals surface area contributed by atoms with E-state index in [1.165, 1.54) is 25.9 Å². The number of carbonyl (C=O) groups is 1. The van der Waals surface area contributed by atoms with Crippen molar-refractivity contribution >= 4 is 16.8 Å². The maximum Gasteiger partial charge on any atom is 0.270 e. The lowest BCUT2D eigenvalue weighted by Crippen LogP contribution is -2.29. The van der Waals surface area contributed by atoms with Gasteiger partial charge in [0.05, 0.1) is 12.1 Å². The first kappa shape index (κ1) is 20.3. The second-order valence-corrected chi connectivity index (χ2v) is 7.53. The molecular formula is C24H28N4O2. The number of rotatable bonds is 8. The molecule has 3 aromatic rings. The van der Waals surface area contributed by atoms with Gasteiger partial charge >= 0.3 is 0 Å². The highest BCUT2D eigenvalue weighted by Gasteiger charge is 2.16. The fourth-order valence-corrected chi connectivity index (χ4v) is 3.84. The summed E-state index contributed by atoms with van der Waals surface area (Å²) >= 11 is 0. The Morgan fingerprint density at radius 1 is 1.07 bits per heavy atom. The van der Waals surface area contributed by atoms with Crippen LogP contribution >= 0.6 is 0 Å². The lowest BCUT2D eigenvalue weighted by molar-refractivity contribution is 0.0949. The maximum absolute atomic E-state index is 12.9. The molecule has 2 heterocycles. The van der Waals surface area contributed by atoms with Crippen molar-refractivity contribution in [2.24, 2.45) is 0 Å². The number of ether oxygens (including phenoxy) is 1. The maximum atomic E-state index is 12.9. The highest BCUT2D eigenvalue weighted by Crippen LogP contribution is 2.23. The van der Waals surface area contributed by atoms with Crippen molar-refractivity contribution < 1.29 is 9.53 Å². The molecule has 0 bridgehead atoms. The van der Waals surface area contributed by atoms with Crippen LogP contribution in [0.2, 0.25) is 0 Å². The monoisotopic (exact) mass is 404 g/mol. The van der Waals surface area contributed by atoms with Gasteiger partial charge in [-0.1, -0.05) is 18.2 Å². The molecule has 4 rings (SSSR count). The Balaban J connectivity index is 1.53. The Bertz CT molecular complexity index is 998. The molecule has 0 aliphatic carbocycles. The minimum Gasteiger partial charge on any atom is -0.494 e. The average Bonchev–Trinajstić information content (AvgIpc) is 3.30. The molecule has 1 fully saturated rings. The van der Waals surface area contributed by atoms with Gasteiger partial charge in [-0.05, 0) is 76.2 Å². The Morgan fingerprint density at radius 3 is 2.60 bits per heavy atom. The van der Waals surface area contributed by atoms with Crippen LogP contribution in [0.3, 0.4) is 0 Å². The normalized spacial score (nSPS) is 14.2. The molecule has 1 amide bonds. The van der Waals surface area contributed by atoms with E-state index in [-0.39, 0.29) is 5.91 Å². The summed E-state index contributed by atoms with van der Waals surface area (Å²) < 4.78 is 5.51.